The molecule has 0 bridgehead atoms. The predicted molar refractivity (Wildman–Crippen MR) is 1.37 cm³/mol. The second-order valence-electron chi connectivity index (χ2n) is 0. The van der Waals surface area contributed by atoms with Crippen LogP contribution in [0.1, 0.15) is 0 Å². The molecule has 0 fully saturated rings. The van der Waals surface area contributed by atoms with E-state index in [-0.39, 0.29) is 99.0 Å². The Morgan fingerprint density at radius 2 is 0.714 bits per heavy atom. The molecule has 7 heavy (non-hydrogen) atoms. The molecule has 0 aromatic carbocycles. The molecule has 0 atom stereocenters. The van der Waals surface area contributed by atoms with Crippen molar-refractivity contribution < 1.29 is 99.0 Å². The van der Waals surface area contributed by atoms with Crippen molar-refractivity contribution in [2.45, 2.75) is 0 Å². The topological polar surface area (TPSA) is 57.0 Å². The maximum absolute atomic E-state index is 0. The molecule has 0 rings (SSSR count). The minimum absolute atomic E-state index is 0. The molecule has 2 nitrogen and oxygen atoms in total. The fourth-order valence-electron chi connectivity index (χ4n) is 0. The quantitative estimate of drug-likeness (QED) is 0.363. The van der Waals surface area contributed by atoms with Crippen LogP contribution in [0.25, 0.3) is 0 Å². The van der Waals surface area contributed by atoms with Gasteiger partial charge < -0.3 is 11.0 Å². The second kappa shape index (κ2) is 72.5. The van der Waals surface area contributed by atoms with Gasteiger partial charge in [-0.25, -0.2) is 0 Å². The summed E-state index contributed by atoms with van der Waals surface area (Å²) in [4.78, 5) is 0. The maximum Gasteiger partial charge on any atom is 2.00 e. The van der Waals surface area contributed by atoms with E-state index >= 15 is 0 Å². The third-order valence-electron chi connectivity index (χ3n) is 0. The van der Waals surface area contributed by atoms with E-state index in [1.807, 2.05) is 0 Å². The van der Waals surface area contributed by atoms with Crippen LogP contribution in [0.3, 0.4) is 0 Å². The van der Waals surface area contributed by atoms with Crippen molar-refractivity contribution in [3.05, 3.63) is 0 Å². The molecule has 0 spiro atoms. The van der Waals surface area contributed by atoms with Crippen LogP contribution in [-0.2, 0) is 61.3 Å². The zero-order valence-corrected chi connectivity index (χ0v) is 7.05. The van der Waals surface area contributed by atoms with Crippen LogP contribution in [0, 0.1) is 0 Å². The largest absolute Gasteiger partial charge is 2.00 e. The van der Waals surface area contributed by atoms with E-state index in [1.54, 1.807) is 0 Å². The van der Waals surface area contributed by atoms with E-state index in [1.165, 1.54) is 0 Å². The molecule has 0 heterocycles. The van der Waals surface area contributed by atoms with Gasteiger partial charge in [-0.1, -0.05) is 0 Å². The zero-order valence-electron chi connectivity index (χ0n) is 3.84. The standard InChI is InChI=1S/Co.2Li.Mn.Ni.2O/q;2*+1;+2;;2*-2. The summed E-state index contributed by atoms with van der Waals surface area (Å²) in [7, 11) is 0. The molecule has 2 radical (unpaired) electrons. The summed E-state index contributed by atoms with van der Waals surface area (Å²) in [6.45, 7) is 0. The van der Waals surface area contributed by atoms with Gasteiger partial charge in [-0.05, 0) is 0 Å². The molecular weight excluding hydrogens is 218 g/mol. The molecule has 0 aliphatic rings. The fraction of sp³-hybridized carbons (Fsp3) is 0. The molecule has 0 aromatic heterocycles. The van der Waals surface area contributed by atoms with Crippen molar-refractivity contribution in [1.82, 2.24) is 0 Å². The minimum Gasteiger partial charge on any atom is -2.00 e. The molecule has 7 heteroatoms. The molecule has 0 saturated carbocycles. The molecular formula is CoLi2MnNiO2. The molecule has 0 aliphatic heterocycles. The average Bonchev–Trinajstić information content (AvgIpc) is 0. The first-order valence-electron chi connectivity index (χ1n) is 0. The molecule has 0 aliphatic carbocycles. The van der Waals surface area contributed by atoms with E-state index in [4.69, 9.17) is 0 Å². The zero-order chi connectivity index (χ0) is 0. The number of hydrogen-bond donors (Lipinski definition) is 0. The monoisotopic (exact) mass is 218 g/mol. The van der Waals surface area contributed by atoms with Gasteiger partial charge in [0.05, 0.1) is 0 Å². The van der Waals surface area contributed by atoms with Crippen molar-refractivity contribution in [1.29, 1.82) is 0 Å². The Morgan fingerprint density at radius 3 is 0.714 bits per heavy atom. The summed E-state index contributed by atoms with van der Waals surface area (Å²) in [6, 6.07) is 0. The minimum atomic E-state index is 0. The Kier molecular flexibility index (Phi) is 1070. The number of rotatable bonds is 0. The summed E-state index contributed by atoms with van der Waals surface area (Å²) in [6.07, 6.45) is 0. The SMILES string of the molecule is [Co].[Li+].[Li+].[Mn+2].[Ni].[O-2].[O-2]. The molecule has 0 amide bonds. The van der Waals surface area contributed by atoms with Crippen molar-refractivity contribution in [3.8, 4) is 0 Å². The summed E-state index contributed by atoms with van der Waals surface area (Å²) < 4.78 is 0. The second-order valence-corrected chi connectivity index (χ2v) is 0. The molecule has 0 saturated heterocycles. The Balaban J connectivity index is 0. The smallest absolute Gasteiger partial charge is 2.00 e. The summed E-state index contributed by atoms with van der Waals surface area (Å²) in [5, 5.41) is 0. The first kappa shape index (κ1) is 104. The Bertz CT molecular complexity index is 15.7. The van der Waals surface area contributed by atoms with Crippen LogP contribution < -0.4 is 37.7 Å². The van der Waals surface area contributed by atoms with Crippen LogP contribution in [-0.4, -0.2) is 0 Å². The van der Waals surface area contributed by atoms with E-state index < -0.39 is 0 Å². The van der Waals surface area contributed by atoms with E-state index in [0.717, 1.165) is 0 Å². The first-order chi connectivity index (χ1) is 0. The normalized spacial score (nSPS) is 0. The van der Waals surface area contributed by atoms with Gasteiger partial charge >= 0.3 is 54.8 Å². The fourth-order valence-corrected chi connectivity index (χ4v) is 0. The first-order valence-corrected chi connectivity index (χ1v) is 0. The predicted octanol–water partition coefficient (Wildman–Crippen LogP) is -6.24. The van der Waals surface area contributed by atoms with Crippen LogP contribution in [0.4, 0.5) is 0 Å². The van der Waals surface area contributed by atoms with Crippen molar-refractivity contribution >= 4 is 0 Å². The van der Waals surface area contributed by atoms with Crippen molar-refractivity contribution in [2.75, 3.05) is 0 Å². The van der Waals surface area contributed by atoms with Crippen molar-refractivity contribution in [2.24, 2.45) is 0 Å². The van der Waals surface area contributed by atoms with E-state index in [2.05, 4.69) is 0 Å². The molecule has 0 aromatic rings. The summed E-state index contributed by atoms with van der Waals surface area (Å²) in [5.41, 5.74) is 0. The van der Waals surface area contributed by atoms with E-state index in [0.29, 0.717) is 0 Å². The average molecular weight is 218 g/mol. The van der Waals surface area contributed by atoms with Gasteiger partial charge in [0.15, 0.2) is 0 Å². The van der Waals surface area contributed by atoms with Gasteiger partial charge in [0, 0.05) is 33.3 Å². The van der Waals surface area contributed by atoms with Crippen LogP contribution >= 0.6 is 0 Å². The summed E-state index contributed by atoms with van der Waals surface area (Å²) in [5.74, 6) is 0. The van der Waals surface area contributed by atoms with Gasteiger partial charge in [0.25, 0.3) is 0 Å². The molecule has 0 unspecified atom stereocenters. The molecule has 40 valence electrons. The Hall–Kier alpha value is 2.63. The summed E-state index contributed by atoms with van der Waals surface area (Å²) >= 11 is 0. The molecule has 0 N–H and O–H groups in total. The van der Waals surface area contributed by atoms with Crippen LogP contribution in [0.15, 0.2) is 0 Å². The number of hydrogen-bond acceptors (Lipinski definition) is 0. The van der Waals surface area contributed by atoms with Gasteiger partial charge in [-0.3, -0.25) is 0 Å². The maximum atomic E-state index is 0. The third-order valence-corrected chi connectivity index (χ3v) is 0. The third kappa shape index (κ3) is 54.8. The van der Waals surface area contributed by atoms with Gasteiger partial charge in [-0.15, -0.1) is 0 Å². The van der Waals surface area contributed by atoms with Gasteiger partial charge in [-0.2, -0.15) is 0 Å². The van der Waals surface area contributed by atoms with Crippen LogP contribution in [0.2, 0.25) is 0 Å². The van der Waals surface area contributed by atoms with Crippen molar-refractivity contribution in [3.63, 3.8) is 0 Å². The van der Waals surface area contributed by atoms with Crippen LogP contribution in [0.5, 0.6) is 0 Å². The van der Waals surface area contributed by atoms with Gasteiger partial charge in [0.2, 0.25) is 0 Å². The van der Waals surface area contributed by atoms with Gasteiger partial charge in [0.1, 0.15) is 0 Å². The Labute approximate surface area is 97.9 Å². The Morgan fingerprint density at radius 1 is 0.714 bits per heavy atom. The van der Waals surface area contributed by atoms with E-state index in [9.17, 15) is 0 Å².